The van der Waals surface area contributed by atoms with Gasteiger partial charge in [-0.1, -0.05) is 12.1 Å². The Bertz CT molecular complexity index is 826. The van der Waals surface area contributed by atoms with Crippen LogP contribution in [0.2, 0.25) is 0 Å². The maximum atomic E-state index is 10.0. The highest BCUT2D eigenvalue weighted by molar-refractivity contribution is 7.98. The SMILES string of the molecule is CSc1ccc([C@H]2[C@@]3(C#N)[C@]4(N=C(N)[C@@]23C#N)OC[C@H](C)O4)cc1. The smallest absolute Gasteiger partial charge is 0.293 e. The highest BCUT2D eigenvalue weighted by Crippen LogP contribution is 2.82. The fourth-order valence-electron chi connectivity index (χ4n) is 4.16. The summed E-state index contributed by atoms with van der Waals surface area (Å²) in [6.45, 7) is 2.17. The summed E-state index contributed by atoms with van der Waals surface area (Å²) in [5.74, 6) is -1.78. The Hall–Kier alpha value is -2.06. The van der Waals surface area contributed by atoms with Crippen molar-refractivity contribution >= 4 is 17.6 Å². The lowest BCUT2D eigenvalue weighted by atomic mass is 9.94. The van der Waals surface area contributed by atoms with Crippen molar-refractivity contribution in [1.29, 1.82) is 10.5 Å². The topological polar surface area (TPSA) is 104 Å². The highest BCUT2D eigenvalue weighted by atomic mass is 32.2. The molecule has 2 aliphatic heterocycles. The molecule has 1 saturated carbocycles. The molecule has 0 radical (unpaired) electrons. The summed E-state index contributed by atoms with van der Waals surface area (Å²) in [6.07, 6.45) is 1.79. The maximum absolute atomic E-state index is 10.0. The Kier molecular flexibility index (Phi) is 3.05. The fraction of sp³-hybridized carbons (Fsp3) is 0.471. The van der Waals surface area contributed by atoms with E-state index in [1.165, 1.54) is 0 Å². The summed E-state index contributed by atoms with van der Waals surface area (Å²) < 4.78 is 11.7. The lowest BCUT2D eigenvalue weighted by Gasteiger charge is -2.26. The third-order valence-corrected chi connectivity index (χ3v) is 5.99. The van der Waals surface area contributed by atoms with Crippen LogP contribution >= 0.6 is 11.8 Å². The molecule has 0 unspecified atom stereocenters. The van der Waals surface area contributed by atoms with Crippen LogP contribution in [0, 0.1) is 33.5 Å². The van der Waals surface area contributed by atoms with Crippen molar-refractivity contribution in [3.63, 3.8) is 0 Å². The first-order chi connectivity index (χ1) is 11.5. The largest absolute Gasteiger partial charge is 0.386 e. The van der Waals surface area contributed by atoms with Gasteiger partial charge in [0.2, 0.25) is 0 Å². The van der Waals surface area contributed by atoms with Gasteiger partial charge in [0.1, 0.15) is 11.3 Å². The van der Waals surface area contributed by atoms with Gasteiger partial charge in [-0.2, -0.15) is 10.5 Å². The molecule has 1 aliphatic carbocycles. The van der Waals surface area contributed by atoms with Gasteiger partial charge in [0, 0.05) is 10.8 Å². The van der Waals surface area contributed by atoms with Crippen LogP contribution in [0.1, 0.15) is 18.4 Å². The van der Waals surface area contributed by atoms with E-state index in [2.05, 4.69) is 17.1 Å². The van der Waals surface area contributed by atoms with E-state index in [4.69, 9.17) is 15.2 Å². The summed E-state index contributed by atoms with van der Waals surface area (Å²) in [5.41, 5.74) is 4.55. The third kappa shape index (κ3) is 1.46. The van der Waals surface area contributed by atoms with Gasteiger partial charge in [0.15, 0.2) is 5.41 Å². The number of benzene rings is 1. The Balaban J connectivity index is 1.87. The normalized spacial score (nSPS) is 42.2. The van der Waals surface area contributed by atoms with E-state index in [0.29, 0.717) is 6.61 Å². The average molecular weight is 340 g/mol. The predicted octanol–water partition coefficient (Wildman–Crippen LogP) is 1.99. The Morgan fingerprint density at radius 2 is 2.00 bits per heavy atom. The van der Waals surface area contributed by atoms with Gasteiger partial charge in [-0.3, -0.25) is 0 Å². The van der Waals surface area contributed by atoms with Crippen LogP contribution in [0.4, 0.5) is 0 Å². The molecule has 3 aliphatic rings. The van der Waals surface area contributed by atoms with E-state index in [1.807, 2.05) is 37.4 Å². The van der Waals surface area contributed by atoms with Gasteiger partial charge in [-0.15, -0.1) is 11.8 Å². The molecule has 1 spiro atoms. The van der Waals surface area contributed by atoms with E-state index in [-0.39, 0.29) is 11.9 Å². The highest BCUT2D eigenvalue weighted by Gasteiger charge is 2.94. The number of fused-ring (bicyclic) bond motifs is 2. The molecule has 2 fully saturated rings. The van der Waals surface area contributed by atoms with Gasteiger partial charge in [0.05, 0.1) is 24.8 Å². The number of ether oxygens (including phenoxy) is 2. The second kappa shape index (κ2) is 4.73. The number of hydrogen-bond donors (Lipinski definition) is 1. The summed E-state index contributed by atoms with van der Waals surface area (Å²) in [7, 11) is 0. The molecule has 2 heterocycles. The Morgan fingerprint density at radius 1 is 1.29 bits per heavy atom. The Morgan fingerprint density at radius 3 is 2.50 bits per heavy atom. The quantitative estimate of drug-likeness (QED) is 0.826. The molecule has 6 nitrogen and oxygen atoms in total. The van der Waals surface area contributed by atoms with E-state index >= 15 is 0 Å². The number of nitrogens with zero attached hydrogens (tertiary/aromatic N) is 3. The fourth-order valence-corrected chi connectivity index (χ4v) is 4.57. The predicted molar refractivity (Wildman–Crippen MR) is 87.9 cm³/mol. The minimum atomic E-state index is -1.48. The van der Waals surface area contributed by atoms with Crippen LogP contribution in [-0.4, -0.2) is 30.7 Å². The van der Waals surface area contributed by atoms with Gasteiger partial charge in [-0.25, -0.2) is 4.99 Å². The lowest BCUT2D eigenvalue weighted by molar-refractivity contribution is -0.193. The zero-order chi connectivity index (χ0) is 17.2. The van der Waals surface area contributed by atoms with Crippen LogP contribution in [0.5, 0.6) is 0 Å². The van der Waals surface area contributed by atoms with Gasteiger partial charge >= 0.3 is 0 Å². The molecule has 1 aromatic rings. The molecule has 0 amide bonds. The first kappa shape index (κ1) is 15.5. The molecule has 122 valence electrons. The zero-order valence-electron chi connectivity index (χ0n) is 13.3. The first-order valence-corrected chi connectivity index (χ1v) is 8.88. The summed E-state index contributed by atoms with van der Waals surface area (Å²) in [5, 5.41) is 19.9. The van der Waals surface area contributed by atoms with E-state index in [9.17, 15) is 10.5 Å². The zero-order valence-corrected chi connectivity index (χ0v) is 14.1. The van der Waals surface area contributed by atoms with Gasteiger partial charge < -0.3 is 15.2 Å². The summed E-state index contributed by atoms with van der Waals surface area (Å²) >= 11 is 1.63. The van der Waals surface area contributed by atoms with Crippen LogP contribution < -0.4 is 5.73 Å². The van der Waals surface area contributed by atoms with E-state index in [1.54, 1.807) is 11.8 Å². The number of nitrogens with two attached hydrogens (primary N) is 1. The van der Waals surface area contributed by atoms with Crippen molar-refractivity contribution in [3.8, 4) is 12.1 Å². The van der Waals surface area contributed by atoms with Crippen molar-refractivity contribution in [2.24, 2.45) is 21.6 Å². The van der Waals surface area contributed by atoms with Crippen LogP contribution in [0.25, 0.3) is 0 Å². The molecular weight excluding hydrogens is 324 g/mol. The van der Waals surface area contributed by atoms with Crippen LogP contribution in [-0.2, 0) is 9.47 Å². The lowest BCUT2D eigenvalue weighted by Crippen LogP contribution is -2.39. The minimum Gasteiger partial charge on any atom is -0.386 e. The molecule has 24 heavy (non-hydrogen) atoms. The Labute approximate surface area is 144 Å². The van der Waals surface area contributed by atoms with Crippen LogP contribution in [0.15, 0.2) is 34.2 Å². The van der Waals surface area contributed by atoms with Gasteiger partial charge in [-0.05, 0) is 30.9 Å². The monoisotopic (exact) mass is 340 g/mol. The maximum Gasteiger partial charge on any atom is 0.293 e. The molecule has 4 rings (SSSR count). The average Bonchev–Trinajstić information content (AvgIpc) is 2.99. The van der Waals surface area contributed by atoms with E-state index in [0.717, 1.165) is 10.5 Å². The van der Waals surface area contributed by atoms with Crippen molar-refractivity contribution in [2.45, 2.75) is 29.8 Å². The number of rotatable bonds is 2. The van der Waals surface area contributed by atoms with E-state index < -0.39 is 22.7 Å². The molecule has 0 aromatic heterocycles. The third-order valence-electron chi connectivity index (χ3n) is 5.25. The molecule has 2 N–H and O–H groups in total. The van der Waals surface area contributed by atoms with Crippen molar-refractivity contribution in [1.82, 2.24) is 0 Å². The molecule has 1 aromatic carbocycles. The minimum absolute atomic E-state index is 0.125. The van der Waals surface area contributed by atoms with Crippen molar-refractivity contribution in [3.05, 3.63) is 29.8 Å². The number of hydrogen-bond acceptors (Lipinski definition) is 7. The summed E-state index contributed by atoms with van der Waals surface area (Å²) in [4.78, 5) is 5.41. The molecule has 1 saturated heterocycles. The van der Waals surface area contributed by atoms with Crippen molar-refractivity contribution in [2.75, 3.05) is 12.9 Å². The van der Waals surface area contributed by atoms with Crippen molar-refractivity contribution < 1.29 is 9.47 Å². The number of aliphatic imine (C=N–C) groups is 1. The molecular formula is C17H16N4O2S. The first-order valence-electron chi connectivity index (χ1n) is 7.65. The number of thioether (sulfide) groups is 1. The standard InChI is InChI=1S/C17H16N4O2S/c1-10-7-22-17(23-10)16(9-19)13(15(16,8-18)14(20)21-17)11-3-5-12(24-2)6-4-11/h3-6,10,13H,7H2,1-2H3,(H2,20,21)/t10-,13+,15+,16+,17-/m0/s1. The molecule has 5 atom stereocenters. The summed E-state index contributed by atoms with van der Waals surface area (Å²) in [6, 6.07) is 12.4. The second-order valence-corrected chi connectivity index (χ2v) is 7.24. The van der Waals surface area contributed by atoms with Gasteiger partial charge in [0.25, 0.3) is 5.91 Å². The molecule has 7 heteroatoms. The number of nitriles is 2. The number of amidine groups is 1. The second-order valence-electron chi connectivity index (χ2n) is 6.36. The van der Waals surface area contributed by atoms with Crippen LogP contribution in [0.3, 0.4) is 0 Å². The molecule has 0 bridgehead atoms.